The minimum atomic E-state index is -0.794. The van der Waals surface area contributed by atoms with Crippen LogP contribution in [0.3, 0.4) is 0 Å². The number of nitrogens with zero attached hydrogens (tertiary/aromatic N) is 3. The minimum absolute atomic E-state index is 0.140. The van der Waals surface area contributed by atoms with Crippen LogP contribution >= 0.6 is 11.8 Å². The standard InChI is InChI=1S/C22H22F2N4O2S/c1-31-21-18(24)16(7-13-10-2-4-11(5-3-10)17(13)22(29)30)27-20(28-21)15-9-26-19-14(15)6-12(23)8-25-19/h6,8-11,13,17H,2-5,7H2,1H3,(H,25,26)(H,29,30)/t10?,11?,13-,17-/m0/s1. The van der Waals surface area contributed by atoms with Crippen LogP contribution in [0.1, 0.15) is 31.4 Å². The molecule has 2 bridgehead atoms. The SMILES string of the molecule is CSc1nc(-c2c[nH]c3ncc(F)cc23)nc(C[C@H]2C3CCC(CC3)[C@@H]2C(=O)O)c1F. The molecule has 31 heavy (non-hydrogen) atoms. The smallest absolute Gasteiger partial charge is 0.307 e. The van der Waals surface area contributed by atoms with Crippen molar-refractivity contribution >= 4 is 28.8 Å². The van der Waals surface area contributed by atoms with Crippen LogP contribution in [-0.2, 0) is 11.2 Å². The fraction of sp³-hybridized carbons (Fsp3) is 0.455. The van der Waals surface area contributed by atoms with E-state index in [4.69, 9.17) is 0 Å². The molecule has 0 radical (unpaired) electrons. The average Bonchev–Trinajstić information content (AvgIpc) is 3.18. The van der Waals surface area contributed by atoms with Crippen LogP contribution in [0.5, 0.6) is 0 Å². The van der Waals surface area contributed by atoms with Gasteiger partial charge in [-0.15, -0.1) is 11.8 Å². The summed E-state index contributed by atoms with van der Waals surface area (Å²) in [6, 6.07) is 1.35. The highest BCUT2D eigenvalue weighted by Crippen LogP contribution is 2.50. The van der Waals surface area contributed by atoms with Gasteiger partial charge < -0.3 is 10.1 Å². The Bertz CT molecular complexity index is 1160. The molecule has 2 N–H and O–H groups in total. The molecule has 9 heteroatoms. The van der Waals surface area contributed by atoms with E-state index < -0.39 is 23.5 Å². The highest BCUT2D eigenvalue weighted by molar-refractivity contribution is 7.98. The van der Waals surface area contributed by atoms with Crippen molar-refractivity contribution in [1.82, 2.24) is 19.9 Å². The number of halogens is 2. The maximum Gasteiger partial charge on any atom is 0.307 e. The van der Waals surface area contributed by atoms with Gasteiger partial charge in [-0.1, -0.05) is 0 Å². The Morgan fingerprint density at radius 3 is 2.68 bits per heavy atom. The fourth-order valence-electron chi connectivity index (χ4n) is 5.50. The van der Waals surface area contributed by atoms with Crippen LogP contribution in [0.4, 0.5) is 8.78 Å². The molecule has 0 spiro atoms. The number of fused-ring (bicyclic) bond motifs is 4. The Labute approximate surface area is 181 Å². The van der Waals surface area contributed by atoms with Gasteiger partial charge in [-0.2, -0.15) is 0 Å². The number of carbonyl (C=O) groups is 1. The number of aromatic amines is 1. The summed E-state index contributed by atoms with van der Waals surface area (Å²) in [6.45, 7) is 0. The van der Waals surface area contributed by atoms with Crippen molar-refractivity contribution in [3.05, 3.63) is 35.8 Å². The van der Waals surface area contributed by atoms with Gasteiger partial charge >= 0.3 is 5.97 Å². The predicted octanol–water partition coefficient (Wildman–Crippen LogP) is 4.70. The number of rotatable bonds is 5. The van der Waals surface area contributed by atoms with Crippen molar-refractivity contribution in [3.63, 3.8) is 0 Å². The quantitative estimate of drug-likeness (QED) is 0.438. The zero-order valence-corrected chi connectivity index (χ0v) is 17.8. The number of nitrogens with one attached hydrogen (secondary N) is 1. The molecule has 3 aromatic rings. The Morgan fingerprint density at radius 2 is 1.97 bits per heavy atom. The largest absolute Gasteiger partial charge is 0.481 e. The Balaban J connectivity index is 1.58. The number of aliphatic carboxylic acids is 1. The monoisotopic (exact) mass is 444 g/mol. The minimum Gasteiger partial charge on any atom is -0.481 e. The number of thioether (sulfide) groups is 1. The number of aromatic nitrogens is 4. The van der Waals surface area contributed by atoms with Crippen molar-refractivity contribution in [2.75, 3.05) is 6.26 Å². The molecular weight excluding hydrogens is 422 g/mol. The molecule has 3 aliphatic carbocycles. The van der Waals surface area contributed by atoms with Crippen molar-refractivity contribution in [2.24, 2.45) is 23.7 Å². The van der Waals surface area contributed by atoms with Gasteiger partial charge in [-0.3, -0.25) is 4.79 Å². The fourth-order valence-corrected chi connectivity index (χ4v) is 5.98. The molecule has 0 amide bonds. The lowest BCUT2D eigenvalue weighted by molar-refractivity contribution is -0.152. The lowest BCUT2D eigenvalue weighted by Crippen LogP contribution is -2.45. The molecule has 162 valence electrons. The first-order valence-corrected chi connectivity index (χ1v) is 11.6. The van der Waals surface area contributed by atoms with Crippen LogP contribution in [0.25, 0.3) is 22.4 Å². The van der Waals surface area contributed by atoms with Crippen LogP contribution in [0, 0.1) is 35.3 Å². The average molecular weight is 445 g/mol. The summed E-state index contributed by atoms with van der Waals surface area (Å²) >= 11 is 1.17. The molecule has 0 unspecified atom stereocenters. The Morgan fingerprint density at radius 1 is 1.23 bits per heavy atom. The first-order chi connectivity index (χ1) is 15.0. The second-order valence-corrected chi connectivity index (χ2v) is 9.27. The summed E-state index contributed by atoms with van der Waals surface area (Å²) < 4.78 is 29.0. The third-order valence-electron chi connectivity index (χ3n) is 6.93. The number of hydrogen-bond acceptors (Lipinski definition) is 5. The molecule has 3 aromatic heterocycles. The zero-order chi connectivity index (χ0) is 21.7. The first-order valence-electron chi connectivity index (χ1n) is 10.4. The van der Waals surface area contributed by atoms with E-state index in [1.807, 2.05) is 0 Å². The molecule has 6 nitrogen and oxygen atoms in total. The maximum atomic E-state index is 15.2. The highest BCUT2D eigenvalue weighted by atomic mass is 32.2. The molecule has 0 saturated heterocycles. The molecule has 6 rings (SSSR count). The third kappa shape index (κ3) is 3.48. The summed E-state index contributed by atoms with van der Waals surface area (Å²) in [5, 5.41) is 10.6. The van der Waals surface area contributed by atoms with Crippen LogP contribution in [0.15, 0.2) is 23.5 Å². The van der Waals surface area contributed by atoms with Gasteiger partial charge in [0.15, 0.2) is 11.6 Å². The molecule has 3 fully saturated rings. The van der Waals surface area contributed by atoms with E-state index in [2.05, 4.69) is 19.9 Å². The van der Waals surface area contributed by atoms with Crippen LogP contribution in [0.2, 0.25) is 0 Å². The van der Waals surface area contributed by atoms with E-state index in [-0.39, 0.29) is 40.7 Å². The Kier molecular flexibility index (Phi) is 5.16. The van der Waals surface area contributed by atoms with E-state index in [1.165, 1.54) is 17.8 Å². The Hall–Kier alpha value is -2.55. The van der Waals surface area contributed by atoms with Gasteiger partial charge in [0.05, 0.1) is 17.8 Å². The normalized spacial score (nSPS) is 25.3. The second-order valence-electron chi connectivity index (χ2n) is 8.48. The molecule has 3 aliphatic rings. The van der Waals surface area contributed by atoms with Crippen molar-refractivity contribution in [2.45, 2.75) is 37.1 Å². The molecular formula is C22H22F2N4O2S. The van der Waals surface area contributed by atoms with E-state index in [9.17, 15) is 14.3 Å². The van der Waals surface area contributed by atoms with E-state index in [1.54, 1.807) is 12.5 Å². The van der Waals surface area contributed by atoms with E-state index in [0.29, 0.717) is 16.6 Å². The number of carboxylic acids is 1. The van der Waals surface area contributed by atoms with Gasteiger partial charge in [0, 0.05) is 17.1 Å². The molecule has 3 saturated carbocycles. The topological polar surface area (TPSA) is 91.8 Å². The van der Waals surface area contributed by atoms with E-state index in [0.717, 1.165) is 31.9 Å². The number of H-pyrrole nitrogens is 1. The number of pyridine rings is 1. The maximum absolute atomic E-state index is 15.2. The lowest BCUT2D eigenvalue weighted by Gasteiger charge is -2.46. The third-order valence-corrected chi connectivity index (χ3v) is 7.58. The molecule has 0 aromatic carbocycles. The van der Waals surface area contributed by atoms with Crippen molar-refractivity contribution in [3.8, 4) is 11.4 Å². The van der Waals surface area contributed by atoms with Crippen LogP contribution < -0.4 is 0 Å². The van der Waals surface area contributed by atoms with Crippen molar-refractivity contribution < 1.29 is 18.7 Å². The lowest BCUT2D eigenvalue weighted by atomic mass is 9.57. The predicted molar refractivity (Wildman–Crippen MR) is 113 cm³/mol. The van der Waals surface area contributed by atoms with Crippen molar-refractivity contribution in [1.29, 1.82) is 0 Å². The summed E-state index contributed by atoms with van der Waals surface area (Å²) in [5.74, 6) is -1.67. The second kappa shape index (κ2) is 7.85. The van der Waals surface area contributed by atoms with Gasteiger partial charge in [0.2, 0.25) is 0 Å². The molecule has 3 heterocycles. The summed E-state index contributed by atoms with van der Waals surface area (Å²) in [7, 11) is 0. The summed E-state index contributed by atoms with van der Waals surface area (Å²) in [5.41, 5.74) is 1.27. The first kappa shape index (κ1) is 20.4. The van der Waals surface area contributed by atoms with Gasteiger partial charge in [-0.05, 0) is 62.2 Å². The summed E-state index contributed by atoms with van der Waals surface area (Å²) in [6.07, 6.45) is 8.60. The summed E-state index contributed by atoms with van der Waals surface area (Å²) in [4.78, 5) is 27.9. The number of hydrogen-bond donors (Lipinski definition) is 2. The van der Waals surface area contributed by atoms with E-state index >= 15 is 4.39 Å². The van der Waals surface area contributed by atoms with Crippen LogP contribution in [-0.4, -0.2) is 37.3 Å². The zero-order valence-electron chi connectivity index (χ0n) is 16.9. The van der Waals surface area contributed by atoms with Gasteiger partial charge in [0.25, 0.3) is 0 Å². The van der Waals surface area contributed by atoms with Gasteiger partial charge in [-0.25, -0.2) is 23.7 Å². The number of carboxylic acid groups (broad SMARTS) is 1. The molecule has 2 atom stereocenters. The van der Waals surface area contributed by atoms with Gasteiger partial charge in [0.1, 0.15) is 16.5 Å². The highest BCUT2D eigenvalue weighted by Gasteiger charge is 2.47. The molecule has 0 aliphatic heterocycles.